The highest BCUT2D eigenvalue weighted by molar-refractivity contribution is 5.94. The predicted octanol–water partition coefficient (Wildman–Crippen LogP) is 0.258. The van der Waals surface area contributed by atoms with E-state index in [1.165, 1.54) is 24.3 Å². The maximum Gasteiger partial charge on any atom is 0.326 e. The second-order valence-electron chi connectivity index (χ2n) is 10.6. The van der Waals surface area contributed by atoms with E-state index < -0.39 is 53.9 Å². The number of urea groups is 1. The minimum absolute atomic E-state index is 0.00508. The van der Waals surface area contributed by atoms with Crippen LogP contribution in [-0.2, 0) is 32.0 Å². The average molecular weight is 612 g/mol. The number of primary amides is 1. The van der Waals surface area contributed by atoms with E-state index >= 15 is 0 Å². The summed E-state index contributed by atoms with van der Waals surface area (Å²) in [5, 5.41) is 24.1. The zero-order valence-corrected chi connectivity index (χ0v) is 24.8. The molecule has 0 saturated heterocycles. The number of aldehydes is 1. The smallest absolute Gasteiger partial charge is 0.326 e. The van der Waals surface area contributed by atoms with Gasteiger partial charge in [0.1, 0.15) is 30.2 Å². The van der Waals surface area contributed by atoms with E-state index in [0.29, 0.717) is 11.8 Å². The number of hydrogen-bond donors (Lipinski definition) is 7. The lowest BCUT2D eigenvalue weighted by Crippen LogP contribution is -2.62. The number of carbonyl (C=O) groups excluding carboxylic acids is 4. The van der Waals surface area contributed by atoms with Crippen LogP contribution < -0.4 is 27.8 Å². The molecule has 44 heavy (non-hydrogen) atoms. The number of carbonyl (C=O) groups is 5. The van der Waals surface area contributed by atoms with Crippen molar-refractivity contribution in [1.29, 1.82) is 0 Å². The number of carboxylic acid groups (broad SMARTS) is 1. The maximum atomic E-state index is 14.2. The number of hydrogen-bond acceptors (Lipinski definition) is 7. The Bertz CT molecular complexity index is 1300. The van der Waals surface area contributed by atoms with Crippen LogP contribution in [0.1, 0.15) is 37.8 Å². The third-order valence-electron chi connectivity index (χ3n) is 6.81. The Hall–Kier alpha value is -5.14. The number of phenolic OH excluding ortho intramolecular Hbond substituents is 1. The third kappa shape index (κ3) is 10.9. The Balaban J connectivity index is 2.41. The number of amides is 4. The van der Waals surface area contributed by atoms with Gasteiger partial charge in [0.15, 0.2) is 5.96 Å². The highest BCUT2D eigenvalue weighted by Gasteiger charge is 2.39. The number of nitrogens with zero attached hydrogens (tertiary/aromatic N) is 2. The molecule has 0 spiro atoms. The number of phenols is 1. The molecule has 4 amide bonds. The van der Waals surface area contributed by atoms with Crippen molar-refractivity contribution in [2.45, 2.75) is 63.7 Å². The average Bonchev–Trinajstić information content (AvgIpc) is 2.96. The van der Waals surface area contributed by atoms with Crippen molar-refractivity contribution in [3.63, 3.8) is 0 Å². The Morgan fingerprint density at radius 2 is 1.50 bits per heavy atom. The Morgan fingerprint density at radius 3 is 2.02 bits per heavy atom. The summed E-state index contributed by atoms with van der Waals surface area (Å²) >= 11 is 0. The van der Waals surface area contributed by atoms with Crippen LogP contribution in [0.3, 0.4) is 0 Å². The van der Waals surface area contributed by atoms with Gasteiger partial charge in [-0.25, -0.2) is 9.59 Å². The Kier molecular flexibility index (Phi) is 13.6. The van der Waals surface area contributed by atoms with Gasteiger partial charge >= 0.3 is 12.0 Å². The van der Waals surface area contributed by atoms with Gasteiger partial charge in [0.25, 0.3) is 0 Å². The molecule has 0 heterocycles. The fourth-order valence-corrected chi connectivity index (χ4v) is 4.73. The SMILES string of the molecule is CC(C)[C@@H](C(N)=O)N(C(=O)[C@H](CCCN=C(N)N)NC(=O)N[C@@H](Cc1ccc(O)cc1)C(=O)O)[C@@H](C=O)Cc1ccccc1. The Labute approximate surface area is 255 Å². The minimum atomic E-state index is -1.39. The van der Waals surface area contributed by atoms with Crippen molar-refractivity contribution >= 4 is 36.1 Å². The van der Waals surface area contributed by atoms with Crippen LogP contribution in [0.25, 0.3) is 0 Å². The monoisotopic (exact) mass is 611 g/mol. The van der Waals surface area contributed by atoms with E-state index in [-0.39, 0.29) is 43.9 Å². The summed E-state index contributed by atoms with van der Waals surface area (Å²) < 4.78 is 0. The first-order valence-electron chi connectivity index (χ1n) is 14.1. The van der Waals surface area contributed by atoms with Crippen LogP contribution in [0.5, 0.6) is 5.75 Å². The van der Waals surface area contributed by atoms with Gasteiger partial charge in [-0.2, -0.15) is 0 Å². The van der Waals surface area contributed by atoms with Gasteiger partial charge in [0, 0.05) is 13.0 Å². The zero-order valence-electron chi connectivity index (χ0n) is 24.8. The van der Waals surface area contributed by atoms with Crippen LogP contribution >= 0.6 is 0 Å². The van der Waals surface area contributed by atoms with Gasteiger partial charge in [0.05, 0.1) is 6.04 Å². The molecule has 10 N–H and O–H groups in total. The molecule has 0 fully saturated rings. The van der Waals surface area contributed by atoms with Crippen molar-refractivity contribution in [2.24, 2.45) is 28.1 Å². The van der Waals surface area contributed by atoms with Crippen molar-refractivity contribution < 1.29 is 34.2 Å². The summed E-state index contributed by atoms with van der Waals surface area (Å²) in [7, 11) is 0. The fraction of sp³-hybridized carbons (Fsp3) is 0.400. The lowest BCUT2D eigenvalue weighted by atomic mass is 9.95. The molecule has 14 nitrogen and oxygen atoms in total. The number of aromatic hydroxyl groups is 1. The molecular formula is C30H41N7O7. The maximum absolute atomic E-state index is 14.2. The standard InChI is InChI=1S/C30H41N7O7/c1-18(2)25(26(31)40)37(21(17-38)15-19-7-4-3-5-8-19)27(41)23(9-6-14-34-29(32)33)35-30(44)36-24(28(42)43)16-20-10-12-22(39)13-11-20/h3-5,7-8,10-13,17-18,21,23-25,39H,6,9,14-16H2,1-2H3,(H2,31,40)(H,42,43)(H4,32,33,34)(H2,35,36,44)/t21-,23+,24+,25+/m1/s1. The Morgan fingerprint density at radius 1 is 0.909 bits per heavy atom. The second kappa shape index (κ2) is 17.1. The van der Waals surface area contributed by atoms with Crippen molar-refractivity contribution in [1.82, 2.24) is 15.5 Å². The topological polar surface area (TPSA) is 244 Å². The quantitative estimate of drug-likeness (QED) is 0.0560. The normalized spacial score (nSPS) is 13.5. The number of nitrogens with one attached hydrogen (secondary N) is 2. The van der Waals surface area contributed by atoms with Gasteiger partial charge in [-0.3, -0.25) is 14.6 Å². The lowest BCUT2D eigenvalue weighted by molar-refractivity contribution is -0.147. The van der Waals surface area contributed by atoms with Gasteiger partial charge in [-0.05, 0) is 48.4 Å². The fourth-order valence-electron chi connectivity index (χ4n) is 4.73. The summed E-state index contributed by atoms with van der Waals surface area (Å²) in [4.78, 5) is 69.3. The molecule has 4 atom stereocenters. The molecule has 2 aromatic carbocycles. The van der Waals surface area contributed by atoms with Crippen LogP contribution in [-0.4, -0.2) is 81.9 Å². The number of aliphatic carboxylic acids is 1. The van der Waals surface area contributed by atoms with Crippen molar-refractivity contribution in [3.8, 4) is 5.75 Å². The number of rotatable bonds is 17. The van der Waals surface area contributed by atoms with E-state index in [4.69, 9.17) is 17.2 Å². The van der Waals surface area contributed by atoms with E-state index in [2.05, 4.69) is 15.6 Å². The van der Waals surface area contributed by atoms with Crippen LogP contribution in [0, 0.1) is 5.92 Å². The van der Waals surface area contributed by atoms with Gasteiger partial charge in [-0.1, -0.05) is 56.3 Å². The van der Waals surface area contributed by atoms with E-state index in [1.54, 1.807) is 44.2 Å². The zero-order chi connectivity index (χ0) is 32.8. The molecule has 0 aliphatic carbocycles. The molecule has 0 aliphatic rings. The predicted molar refractivity (Wildman–Crippen MR) is 163 cm³/mol. The van der Waals surface area contributed by atoms with E-state index in [9.17, 15) is 34.2 Å². The van der Waals surface area contributed by atoms with Gasteiger partial charge in [0.2, 0.25) is 11.8 Å². The van der Waals surface area contributed by atoms with E-state index in [1.807, 2.05) is 0 Å². The highest BCUT2D eigenvalue weighted by atomic mass is 16.4. The summed E-state index contributed by atoms with van der Waals surface area (Å²) in [5.41, 5.74) is 17.8. The molecule has 238 valence electrons. The summed E-state index contributed by atoms with van der Waals surface area (Å²) in [5.74, 6) is -3.60. The largest absolute Gasteiger partial charge is 0.508 e. The van der Waals surface area contributed by atoms with E-state index in [0.717, 1.165) is 10.5 Å². The number of nitrogens with two attached hydrogens (primary N) is 3. The van der Waals surface area contributed by atoms with Crippen LogP contribution in [0.15, 0.2) is 59.6 Å². The molecule has 0 aromatic heterocycles. The molecule has 2 rings (SSSR count). The highest BCUT2D eigenvalue weighted by Crippen LogP contribution is 2.20. The van der Waals surface area contributed by atoms with Crippen LogP contribution in [0.4, 0.5) is 4.79 Å². The number of benzene rings is 2. The minimum Gasteiger partial charge on any atom is -0.508 e. The second-order valence-corrected chi connectivity index (χ2v) is 10.6. The van der Waals surface area contributed by atoms with Crippen molar-refractivity contribution in [3.05, 3.63) is 65.7 Å². The summed E-state index contributed by atoms with van der Waals surface area (Å²) in [6, 6.07) is 8.69. The van der Waals surface area contributed by atoms with Crippen molar-refractivity contribution in [2.75, 3.05) is 6.54 Å². The third-order valence-corrected chi connectivity index (χ3v) is 6.81. The molecule has 0 bridgehead atoms. The van der Waals surface area contributed by atoms with Gasteiger partial charge in [-0.15, -0.1) is 0 Å². The number of carboxylic acids is 1. The first kappa shape index (κ1) is 35.1. The number of aliphatic imine (C=N–C) groups is 1. The molecule has 14 heteroatoms. The van der Waals surface area contributed by atoms with Gasteiger partial charge < -0.3 is 47.7 Å². The molecule has 2 aromatic rings. The molecule has 0 saturated carbocycles. The molecule has 0 radical (unpaired) electrons. The summed E-state index contributed by atoms with van der Waals surface area (Å²) in [6.07, 6.45) is 0.714. The molecule has 0 aliphatic heterocycles. The first-order chi connectivity index (χ1) is 20.8. The number of guanidine groups is 1. The van der Waals surface area contributed by atoms with Crippen LogP contribution in [0.2, 0.25) is 0 Å². The molecule has 0 unspecified atom stereocenters. The lowest BCUT2D eigenvalue weighted by Gasteiger charge is -2.38. The summed E-state index contributed by atoms with van der Waals surface area (Å²) in [6.45, 7) is 3.46. The molecular weight excluding hydrogens is 570 g/mol. The first-order valence-corrected chi connectivity index (χ1v) is 14.1.